The monoisotopic (exact) mass is 408 g/mol. The number of halogens is 1. The molecule has 28 heavy (non-hydrogen) atoms. The van der Waals surface area contributed by atoms with Gasteiger partial charge in [0.25, 0.3) is 11.8 Å². The average molecular weight is 409 g/mol. The first-order valence-electron chi connectivity index (χ1n) is 8.05. The van der Waals surface area contributed by atoms with Gasteiger partial charge in [0.2, 0.25) is 0 Å². The van der Waals surface area contributed by atoms with E-state index in [0.717, 1.165) is 0 Å². The van der Waals surface area contributed by atoms with Crippen molar-refractivity contribution in [2.45, 2.75) is 0 Å². The number of hydrogen-bond acceptors (Lipinski definition) is 5. The lowest BCUT2D eigenvalue weighted by Gasteiger charge is -2.07. The Balaban J connectivity index is 1.77. The van der Waals surface area contributed by atoms with Gasteiger partial charge in [-0.25, -0.2) is 4.98 Å². The van der Waals surface area contributed by atoms with E-state index >= 15 is 0 Å². The number of nitrogens with one attached hydrogen (secondary N) is 2. The molecule has 2 aromatic carbocycles. The molecule has 2 amide bonds. The molecule has 3 rings (SSSR count). The highest BCUT2D eigenvalue weighted by Crippen LogP contribution is 2.19. The van der Waals surface area contributed by atoms with Crippen molar-refractivity contribution in [3.8, 4) is 6.07 Å². The summed E-state index contributed by atoms with van der Waals surface area (Å²) in [5, 5.41) is 17.1. The van der Waals surface area contributed by atoms with Crippen LogP contribution in [0.5, 0.6) is 0 Å². The Morgan fingerprint density at radius 3 is 2.68 bits per heavy atom. The van der Waals surface area contributed by atoms with Crippen molar-refractivity contribution >= 4 is 51.6 Å². The van der Waals surface area contributed by atoms with E-state index in [0.29, 0.717) is 27.0 Å². The van der Waals surface area contributed by atoms with Crippen LogP contribution < -0.4 is 10.6 Å². The van der Waals surface area contributed by atoms with Gasteiger partial charge in [-0.1, -0.05) is 35.9 Å². The van der Waals surface area contributed by atoms with Crippen LogP contribution in [0.3, 0.4) is 0 Å². The molecule has 0 radical (unpaired) electrons. The SMILES string of the molecule is N#C/C(=C\c1cccc(NC(=O)c2ccccc2Cl)c1)C(=O)Nc1nccs1. The second-order valence-corrected chi connectivity index (χ2v) is 6.82. The molecule has 0 bridgehead atoms. The summed E-state index contributed by atoms with van der Waals surface area (Å²) in [6.07, 6.45) is 3.00. The topological polar surface area (TPSA) is 94.9 Å². The zero-order valence-electron chi connectivity index (χ0n) is 14.3. The lowest BCUT2D eigenvalue weighted by molar-refractivity contribution is -0.112. The van der Waals surface area contributed by atoms with E-state index in [2.05, 4.69) is 15.6 Å². The van der Waals surface area contributed by atoms with Gasteiger partial charge >= 0.3 is 0 Å². The standard InChI is InChI=1S/C20H13ClN4O2S/c21-17-7-2-1-6-16(17)19(27)24-15-5-3-4-13(11-15)10-14(12-22)18(26)25-20-23-8-9-28-20/h1-11H,(H,24,27)(H,23,25,26)/b14-10+. The van der Waals surface area contributed by atoms with E-state index in [4.69, 9.17) is 11.6 Å². The second kappa shape index (κ2) is 8.95. The van der Waals surface area contributed by atoms with E-state index in [1.807, 2.05) is 6.07 Å². The van der Waals surface area contributed by atoms with E-state index in [1.165, 1.54) is 17.4 Å². The van der Waals surface area contributed by atoms with Crippen LogP contribution in [0.15, 0.2) is 65.7 Å². The van der Waals surface area contributed by atoms with Crippen molar-refractivity contribution in [1.82, 2.24) is 4.98 Å². The summed E-state index contributed by atoms with van der Waals surface area (Å²) >= 11 is 7.30. The number of nitriles is 1. The van der Waals surface area contributed by atoms with E-state index in [-0.39, 0.29) is 11.5 Å². The molecule has 0 aliphatic rings. The van der Waals surface area contributed by atoms with E-state index < -0.39 is 5.91 Å². The fourth-order valence-electron chi connectivity index (χ4n) is 2.31. The van der Waals surface area contributed by atoms with Gasteiger partial charge in [-0.2, -0.15) is 5.26 Å². The summed E-state index contributed by atoms with van der Waals surface area (Å²) in [6, 6.07) is 15.4. The van der Waals surface area contributed by atoms with Gasteiger partial charge in [0.1, 0.15) is 11.6 Å². The largest absolute Gasteiger partial charge is 0.322 e. The van der Waals surface area contributed by atoms with Crippen LogP contribution in [0.4, 0.5) is 10.8 Å². The van der Waals surface area contributed by atoms with Crippen molar-refractivity contribution < 1.29 is 9.59 Å². The number of aromatic nitrogens is 1. The molecule has 0 saturated heterocycles. The number of thiazole rings is 1. The Morgan fingerprint density at radius 1 is 1.14 bits per heavy atom. The molecule has 138 valence electrons. The Bertz CT molecular complexity index is 1090. The van der Waals surface area contributed by atoms with Gasteiger partial charge in [-0.15, -0.1) is 11.3 Å². The molecule has 0 atom stereocenters. The number of amides is 2. The Labute approximate surface area is 170 Å². The maximum Gasteiger partial charge on any atom is 0.268 e. The molecule has 0 saturated carbocycles. The molecule has 1 aromatic heterocycles. The number of benzene rings is 2. The molecule has 2 N–H and O–H groups in total. The molecule has 8 heteroatoms. The van der Waals surface area contributed by atoms with Crippen molar-refractivity contribution in [3.63, 3.8) is 0 Å². The lowest BCUT2D eigenvalue weighted by Crippen LogP contribution is -2.13. The van der Waals surface area contributed by atoms with E-state index in [9.17, 15) is 14.9 Å². The summed E-state index contributed by atoms with van der Waals surface area (Å²) in [4.78, 5) is 28.5. The summed E-state index contributed by atoms with van der Waals surface area (Å²) in [5.41, 5.74) is 1.37. The fraction of sp³-hybridized carbons (Fsp3) is 0. The zero-order chi connectivity index (χ0) is 19.9. The van der Waals surface area contributed by atoms with Gasteiger partial charge < -0.3 is 5.32 Å². The van der Waals surface area contributed by atoms with Crippen LogP contribution in [-0.2, 0) is 4.79 Å². The van der Waals surface area contributed by atoms with Crippen LogP contribution >= 0.6 is 22.9 Å². The molecule has 0 aliphatic heterocycles. The number of anilines is 2. The molecule has 0 aliphatic carbocycles. The highest BCUT2D eigenvalue weighted by molar-refractivity contribution is 7.13. The van der Waals surface area contributed by atoms with Gasteiger partial charge in [0.05, 0.1) is 10.6 Å². The molecule has 0 unspecified atom stereocenters. The Kier molecular flexibility index (Phi) is 6.17. The van der Waals surface area contributed by atoms with E-state index in [1.54, 1.807) is 60.1 Å². The van der Waals surface area contributed by atoms with Crippen LogP contribution in [0.1, 0.15) is 15.9 Å². The van der Waals surface area contributed by atoms with Crippen molar-refractivity contribution in [3.05, 3.63) is 81.8 Å². The van der Waals surface area contributed by atoms with Crippen LogP contribution in [0, 0.1) is 11.3 Å². The van der Waals surface area contributed by atoms with Crippen LogP contribution in [-0.4, -0.2) is 16.8 Å². The first kappa shape index (κ1) is 19.3. The normalized spacial score (nSPS) is 10.8. The Hall–Kier alpha value is -3.47. The first-order valence-corrected chi connectivity index (χ1v) is 9.31. The molecule has 3 aromatic rings. The third kappa shape index (κ3) is 4.82. The quantitative estimate of drug-likeness (QED) is 0.476. The number of rotatable bonds is 5. The summed E-state index contributed by atoms with van der Waals surface area (Å²) in [5.74, 6) is -0.906. The minimum atomic E-state index is -0.553. The minimum Gasteiger partial charge on any atom is -0.322 e. The summed E-state index contributed by atoms with van der Waals surface area (Å²) < 4.78 is 0. The Morgan fingerprint density at radius 2 is 1.96 bits per heavy atom. The molecule has 1 heterocycles. The van der Waals surface area contributed by atoms with Gasteiger partial charge in [-0.3, -0.25) is 14.9 Å². The van der Waals surface area contributed by atoms with Gasteiger partial charge in [-0.05, 0) is 35.9 Å². The fourth-order valence-corrected chi connectivity index (χ4v) is 3.06. The number of hydrogen-bond donors (Lipinski definition) is 2. The predicted octanol–water partition coefficient (Wildman–Crippen LogP) is 4.59. The molecular weight excluding hydrogens is 396 g/mol. The predicted molar refractivity (Wildman–Crippen MR) is 110 cm³/mol. The number of carbonyl (C=O) groups is 2. The number of carbonyl (C=O) groups excluding carboxylic acids is 2. The average Bonchev–Trinajstić information content (AvgIpc) is 3.19. The molecule has 6 nitrogen and oxygen atoms in total. The van der Waals surface area contributed by atoms with Gasteiger partial charge in [0.15, 0.2) is 5.13 Å². The summed E-state index contributed by atoms with van der Waals surface area (Å²) in [6.45, 7) is 0. The maximum atomic E-state index is 12.4. The van der Waals surface area contributed by atoms with Crippen LogP contribution in [0.25, 0.3) is 6.08 Å². The van der Waals surface area contributed by atoms with Crippen LogP contribution in [0.2, 0.25) is 5.02 Å². The molecular formula is C20H13ClN4O2S. The van der Waals surface area contributed by atoms with Crippen molar-refractivity contribution in [2.75, 3.05) is 10.6 Å². The highest BCUT2D eigenvalue weighted by atomic mass is 35.5. The maximum absolute atomic E-state index is 12.4. The van der Waals surface area contributed by atoms with Gasteiger partial charge in [0, 0.05) is 17.3 Å². The first-order chi connectivity index (χ1) is 13.6. The lowest BCUT2D eigenvalue weighted by atomic mass is 10.1. The third-order valence-electron chi connectivity index (χ3n) is 3.59. The minimum absolute atomic E-state index is 0.0789. The molecule has 0 spiro atoms. The van der Waals surface area contributed by atoms with Crippen molar-refractivity contribution in [2.24, 2.45) is 0 Å². The zero-order valence-corrected chi connectivity index (χ0v) is 15.9. The van der Waals surface area contributed by atoms with Crippen molar-refractivity contribution in [1.29, 1.82) is 5.26 Å². The smallest absolute Gasteiger partial charge is 0.268 e. The third-order valence-corrected chi connectivity index (χ3v) is 4.61. The summed E-state index contributed by atoms with van der Waals surface area (Å²) in [7, 11) is 0. The number of nitrogens with zero attached hydrogens (tertiary/aromatic N) is 2. The highest BCUT2D eigenvalue weighted by Gasteiger charge is 2.12. The molecule has 0 fully saturated rings. The second-order valence-electron chi connectivity index (χ2n) is 5.52.